The molecule has 0 bridgehead atoms. The van der Waals surface area contributed by atoms with Gasteiger partial charge in [0.05, 0.1) is 12.8 Å². The first-order valence-electron chi connectivity index (χ1n) is 6.46. The van der Waals surface area contributed by atoms with Gasteiger partial charge in [0.2, 0.25) is 5.91 Å². The summed E-state index contributed by atoms with van der Waals surface area (Å²) in [6, 6.07) is 0. The Morgan fingerprint density at radius 3 is 2.72 bits per heavy atom. The molecule has 1 rings (SSSR count). The van der Waals surface area contributed by atoms with E-state index in [1.165, 1.54) is 0 Å². The summed E-state index contributed by atoms with van der Waals surface area (Å²) in [7, 11) is 1.90. The molecule has 0 radical (unpaired) electrons. The maximum Gasteiger partial charge on any atom is 0.222 e. The number of rotatable bonds is 7. The topological polar surface area (TPSA) is 58.4 Å². The van der Waals surface area contributed by atoms with Crippen LogP contribution in [0, 0.1) is 6.92 Å². The highest BCUT2D eigenvalue weighted by molar-refractivity contribution is 5.76. The van der Waals surface area contributed by atoms with Crippen LogP contribution in [0.1, 0.15) is 31.0 Å². The monoisotopic (exact) mass is 253 g/mol. The zero-order valence-electron chi connectivity index (χ0n) is 11.5. The first-order chi connectivity index (χ1) is 8.60. The lowest BCUT2D eigenvalue weighted by Crippen LogP contribution is -2.34. The highest BCUT2D eigenvalue weighted by atomic mass is 16.3. The average Bonchev–Trinajstić information content (AvgIpc) is 2.67. The molecule has 102 valence electrons. The number of nitrogens with zero attached hydrogens (tertiary/aromatic N) is 3. The fourth-order valence-corrected chi connectivity index (χ4v) is 1.94. The maximum absolute atomic E-state index is 12.0. The van der Waals surface area contributed by atoms with Crippen LogP contribution in [0.4, 0.5) is 0 Å². The Kier molecular flexibility index (Phi) is 5.85. The summed E-state index contributed by atoms with van der Waals surface area (Å²) in [4.78, 5) is 13.7. The van der Waals surface area contributed by atoms with E-state index in [1.807, 2.05) is 31.8 Å². The molecule has 5 nitrogen and oxygen atoms in total. The molecule has 0 spiro atoms. The van der Waals surface area contributed by atoms with E-state index in [-0.39, 0.29) is 12.5 Å². The van der Waals surface area contributed by atoms with E-state index in [9.17, 15) is 4.79 Å². The van der Waals surface area contributed by atoms with Gasteiger partial charge in [-0.25, -0.2) is 0 Å². The summed E-state index contributed by atoms with van der Waals surface area (Å²) < 4.78 is 1.82. The van der Waals surface area contributed by atoms with Gasteiger partial charge in [-0.3, -0.25) is 9.48 Å². The third-order valence-corrected chi connectivity index (χ3v) is 3.16. The lowest BCUT2D eigenvalue weighted by molar-refractivity contribution is -0.131. The van der Waals surface area contributed by atoms with Gasteiger partial charge < -0.3 is 10.0 Å². The Labute approximate surface area is 108 Å². The summed E-state index contributed by atoms with van der Waals surface area (Å²) in [5.41, 5.74) is 2.22. The van der Waals surface area contributed by atoms with Crippen molar-refractivity contribution in [2.24, 2.45) is 7.05 Å². The molecule has 0 aromatic carbocycles. The van der Waals surface area contributed by atoms with Crippen molar-refractivity contribution in [1.82, 2.24) is 14.7 Å². The van der Waals surface area contributed by atoms with E-state index in [2.05, 4.69) is 5.10 Å². The van der Waals surface area contributed by atoms with E-state index >= 15 is 0 Å². The largest absolute Gasteiger partial charge is 0.395 e. The number of carbonyl (C=O) groups excluding carboxylic acids is 1. The van der Waals surface area contributed by atoms with Crippen molar-refractivity contribution in [1.29, 1.82) is 0 Å². The zero-order valence-corrected chi connectivity index (χ0v) is 11.5. The molecule has 5 heteroatoms. The zero-order chi connectivity index (χ0) is 13.5. The minimum absolute atomic E-state index is 0.0255. The Morgan fingerprint density at radius 2 is 2.22 bits per heavy atom. The number of aliphatic hydroxyl groups excluding tert-OH is 1. The third kappa shape index (κ3) is 3.84. The highest BCUT2D eigenvalue weighted by Gasteiger charge is 2.13. The number of amides is 1. The minimum Gasteiger partial charge on any atom is -0.395 e. The molecule has 18 heavy (non-hydrogen) atoms. The normalized spacial score (nSPS) is 10.7. The van der Waals surface area contributed by atoms with Gasteiger partial charge in [0.15, 0.2) is 0 Å². The molecule has 0 unspecified atom stereocenters. The molecule has 1 heterocycles. The number of hydrogen-bond acceptors (Lipinski definition) is 3. The molecule has 0 aliphatic heterocycles. The minimum atomic E-state index is 0.0255. The lowest BCUT2D eigenvalue weighted by Gasteiger charge is -2.20. The van der Waals surface area contributed by atoms with Crippen LogP contribution in [0.15, 0.2) is 6.20 Å². The van der Waals surface area contributed by atoms with Crippen molar-refractivity contribution >= 4 is 5.91 Å². The van der Waals surface area contributed by atoms with Crippen molar-refractivity contribution in [2.75, 3.05) is 19.7 Å². The van der Waals surface area contributed by atoms with E-state index in [0.717, 1.165) is 17.7 Å². The quantitative estimate of drug-likeness (QED) is 0.785. The predicted molar refractivity (Wildman–Crippen MR) is 70.2 cm³/mol. The Bertz CT molecular complexity index is 382. The van der Waals surface area contributed by atoms with Gasteiger partial charge in [-0.1, -0.05) is 6.92 Å². The molecule has 1 aromatic heterocycles. The van der Waals surface area contributed by atoms with Crippen molar-refractivity contribution < 1.29 is 9.90 Å². The second kappa shape index (κ2) is 7.16. The Hall–Kier alpha value is -1.36. The molecule has 0 aliphatic rings. The Balaban J connectivity index is 2.51. The molecule has 0 aliphatic carbocycles. The fraction of sp³-hybridized carbons (Fsp3) is 0.692. The predicted octanol–water partition coefficient (Wildman–Crippen LogP) is 0.892. The van der Waals surface area contributed by atoms with Gasteiger partial charge in [0.1, 0.15) is 0 Å². The second-order valence-corrected chi connectivity index (χ2v) is 4.48. The summed E-state index contributed by atoms with van der Waals surface area (Å²) in [6.45, 7) is 5.20. The molecule has 0 fully saturated rings. The number of carbonyl (C=O) groups is 1. The van der Waals surface area contributed by atoms with E-state index in [1.54, 1.807) is 4.90 Å². The molecule has 1 aromatic rings. The second-order valence-electron chi connectivity index (χ2n) is 4.48. The summed E-state index contributed by atoms with van der Waals surface area (Å²) >= 11 is 0. The Morgan fingerprint density at radius 1 is 1.50 bits per heavy atom. The van der Waals surface area contributed by atoms with Crippen molar-refractivity contribution in [3.8, 4) is 0 Å². The SMILES string of the molecule is CCCN(CCO)C(=O)CCc1cnn(C)c1C. The lowest BCUT2D eigenvalue weighted by atomic mass is 10.1. The van der Waals surface area contributed by atoms with E-state index < -0.39 is 0 Å². The first-order valence-corrected chi connectivity index (χ1v) is 6.46. The smallest absolute Gasteiger partial charge is 0.222 e. The van der Waals surface area contributed by atoms with Crippen LogP contribution in [0.5, 0.6) is 0 Å². The van der Waals surface area contributed by atoms with Gasteiger partial charge in [-0.05, 0) is 25.3 Å². The summed E-state index contributed by atoms with van der Waals surface area (Å²) in [5.74, 6) is 0.106. The molecule has 0 atom stereocenters. The molecular weight excluding hydrogens is 230 g/mol. The van der Waals surface area contributed by atoms with Gasteiger partial charge in [-0.15, -0.1) is 0 Å². The van der Waals surface area contributed by atoms with Crippen LogP contribution in [0.25, 0.3) is 0 Å². The average molecular weight is 253 g/mol. The van der Waals surface area contributed by atoms with Crippen molar-refractivity contribution in [3.63, 3.8) is 0 Å². The summed E-state index contributed by atoms with van der Waals surface area (Å²) in [5, 5.41) is 13.1. The molecular formula is C13H23N3O2. The standard InChI is InChI=1S/C13H23N3O2/c1-4-7-16(8-9-17)13(18)6-5-12-10-14-15(3)11(12)2/h10,17H,4-9H2,1-3H3. The third-order valence-electron chi connectivity index (χ3n) is 3.16. The number of aromatic nitrogens is 2. The molecule has 0 saturated heterocycles. The summed E-state index contributed by atoms with van der Waals surface area (Å²) in [6.07, 6.45) is 3.92. The molecule has 0 saturated carbocycles. The van der Waals surface area contributed by atoms with Crippen LogP contribution >= 0.6 is 0 Å². The number of hydrogen-bond donors (Lipinski definition) is 1. The van der Waals surface area contributed by atoms with Crippen molar-refractivity contribution in [3.05, 3.63) is 17.5 Å². The van der Waals surface area contributed by atoms with Crippen LogP contribution in [-0.4, -0.2) is 45.4 Å². The van der Waals surface area contributed by atoms with Gasteiger partial charge >= 0.3 is 0 Å². The van der Waals surface area contributed by atoms with Crippen LogP contribution < -0.4 is 0 Å². The van der Waals surface area contributed by atoms with E-state index in [0.29, 0.717) is 25.9 Å². The maximum atomic E-state index is 12.0. The van der Waals surface area contributed by atoms with E-state index in [4.69, 9.17) is 5.11 Å². The van der Waals surface area contributed by atoms with Gasteiger partial charge in [0, 0.05) is 32.3 Å². The van der Waals surface area contributed by atoms with Gasteiger partial charge in [-0.2, -0.15) is 5.10 Å². The van der Waals surface area contributed by atoms with Crippen LogP contribution in [-0.2, 0) is 18.3 Å². The van der Waals surface area contributed by atoms with Crippen LogP contribution in [0.2, 0.25) is 0 Å². The van der Waals surface area contributed by atoms with Crippen LogP contribution in [0.3, 0.4) is 0 Å². The molecule has 1 amide bonds. The highest BCUT2D eigenvalue weighted by Crippen LogP contribution is 2.09. The fourth-order valence-electron chi connectivity index (χ4n) is 1.94. The van der Waals surface area contributed by atoms with Crippen molar-refractivity contribution in [2.45, 2.75) is 33.1 Å². The van der Waals surface area contributed by atoms with Gasteiger partial charge in [0.25, 0.3) is 0 Å². The number of aliphatic hydroxyl groups is 1. The first kappa shape index (κ1) is 14.7. The molecule has 1 N–H and O–H groups in total. The number of aryl methyl sites for hydroxylation is 2.